The van der Waals surface area contributed by atoms with Crippen molar-refractivity contribution in [2.75, 3.05) is 6.54 Å². The molecule has 1 N–H and O–H groups in total. The molecule has 0 bridgehead atoms. The third-order valence-corrected chi connectivity index (χ3v) is 3.40. The second-order valence-corrected chi connectivity index (χ2v) is 5.63. The van der Waals surface area contributed by atoms with Gasteiger partial charge in [0.25, 0.3) is 0 Å². The molecule has 2 unspecified atom stereocenters. The molecule has 2 atom stereocenters. The van der Waals surface area contributed by atoms with Crippen molar-refractivity contribution in [3.63, 3.8) is 0 Å². The summed E-state index contributed by atoms with van der Waals surface area (Å²) in [5.41, 5.74) is 0.347. The molecule has 0 fully saturated rings. The van der Waals surface area contributed by atoms with Gasteiger partial charge in [-0.15, -0.1) is 0 Å². The summed E-state index contributed by atoms with van der Waals surface area (Å²) >= 11 is 0. The van der Waals surface area contributed by atoms with Gasteiger partial charge in [-0.05, 0) is 36.4 Å². The monoisotopic (exact) mass is 223 g/mol. The van der Waals surface area contributed by atoms with E-state index in [1.54, 1.807) is 6.26 Å². The highest BCUT2D eigenvalue weighted by atomic mass is 16.3. The van der Waals surface area contributed by atoms with E-state index in [-0.39, 0.29) is 0 Å². The van der Waals surface area contributed by atoms with Crippen molar-refractivity contribution in [3.8, 4) is 0 Å². The van der Waals surface area contributed by atoms with Crippen LogP contribution in [-0.4, -0.2) is 6.54 Å². The van der Waals surface area contributed by atoms with Crippen LogP contribution >= 0.6 is 0 Å². The maximum Gasteiger partial charge on any atom is 0.120 e. The Labute approximate surface area is 99.4 Å². The number of nitrogens with one attached hydrogen (secondary N) is 1. The van der Waals surface area contributed by atoms with Crippen molar-refractivity contribution < 1.29 is 4.42 Å². The molecule has 0 aliphatic carbocycles. The highest BCUT2D eigenvalue weighted by Crippen LogP contribution is 2.33. The maximum atomic E-state index is 5.50. The lowest BCUT2D eigenvalue weighted by atomic mass is 9.78. The van der Waals surface area contributed by atoms with Crippen LogP contribution in [0.5, 0.6) is 0 Å². The molecule has 0 spiro atoms. The van der Waals surface area contributed by atoms with Gasteiger partial charge in [-0.2, -0.15) is 0 Å². The molecule has 0 radical (unpaired) electrons. The van der Waals surface area contributed by atoms with Crippen molar-refractivity contribution in [2.45, 2.75) is 47.1 Å². The topological polar surface area (TPSA) is 25.2 Å². The van der Waals surface area contributed by atoms with Gasteiger partial charge in [-0.25, -0.2) is 0 Å². The van der Waals surface area contributed by atoms with Crippen molar-refractivity contribution in [1.29, 1.82) is 0 Å². The van der Waals surface area contributed by atoms with Crippen LogP contribution in [0.2, 0.25) is 0 Å². The highest BCUT2D eigenvalue weighted by Gasteiger charge is 2.25. The van der Waals surface area contributed by atoms with Crippen LogP contribution in [0.4, 0.5) is 0 Å². The van der Waals surface area contributed by atoms with Gasteiger partial charge >= 0.3 is 0 Å². The second kappa shape index (κ2) is 5.53. The molecule has 0 saturated heterocycles. The maximum absolute atomic E-state index is 5.50. The van der Waals surface area contributed by atoms with Gasteiger partial charge in [0.15, 0.2) is 0 Å². The van der Waals surface area contributed by atoms with Gasteiger partial charge in [0.1, 0.15) is 5.76 Å². The fraction of sp³-hybridized carbons (Fsp3) is 0.714. The van der Waals surface area contributed by atoms with Gasteiger partial charge in [0, 0.05) is 0 Å². The Morgan fingerprint density at radius 1 is 1.38 bits per heavy atom. The van der Waals surface area contributed by atoms with Gasteiger partial charge in [0.2, 0.25) is 0 Å². The number of rotatable bonds is 5. The molecule has 0 amide bonds. The van der Waals surface area contributed by atoms with E-state index in [1.165, 1.54) is 0 Å². The first kappa shape index (κ1) is 13.3. The molecule has 0 aromatic carbocycles. The molecule has 1 aromatic heterocycles. The number of furan rings is 1. The lowest BCUT2D eigenvalue weighted by molar-refractivity contribution is 0.215. The smallest absolute Gasteiger partial charge is 0.120 e. The van der Waals surface area contributed by atoms with Crippen LogP contribution in [-0.2, 0) is 0 Å². The molecule has 0 saturated carbocycles. The van der Waals surface area contributed by atoms with Gasteiger partial charge in [-0.1, -0.05) is 34.6 Å². The first-order valence-electron chi connectivity index (χ1n) is 6.22. The van der Waals surface area contributed by atoms with E-state index in [0.29, 0.717) is 17.4 Å². The van der Waals surface area contributed by atoms with E-state index in [9.17, 15) is 0 Å². The summed E-state index contributed by atoms with van der Waals surface area (Å²) in [6.45, 7) is 12.3. The van der Waals surface area contributed by atoms with Gasteiger partial charge < -0.3 is 9.73 Å². The Morgan fingerprint density at radius 3 is 2.50 bits per heavy atom. The van der Waals surface area contributed by atoms with Crippen molar-refractivity contribution in [2.24, 2.45) is 11.3 Å². The van der Waals surface area contributed by atoms with Crippen molar-refractivity contribution in [1.82, 2.24) is 5.32 Å². The van der Waals surface area contributed by atoms with Crippen LogP contribution in [0.25, 0.3) is 0 Å². The lowest BCUT2D eigenvalue weighted by Crippen LogP contribution is -2.27. The van der Waals surface area contributed by atoms with Gasteiger partial charge in [0.05, 0.1) is 12.3 Å². The van der Waals surface area contributed by atoms with E-state index >= 15 is 0 Å². The van der Waals surface area contributed by atoms with E-state index in [1.807, 2.05) is 6.07 Å². The van der Waals surface area contributed by atoms with Crippen LogP contribution in [0.15, 0.2) is 22.8 Å². The Kier molecular flexibility index (Phi) is 4.60. The minimum Gasteiger partial charge on any atom is -0.468 e. The predicted molar refractivity (Wildman–Crippen MR) is 68.4 cm³/mol. The molecule has 1 aromatic rings. The predicted octanol–water partition coefficient (Wildman–Crippen LogP) is 4.00. The minimum atomic E-state index is 0.342. The zero-order valence-corrected chi connectivity index (χ0v) is 11.2. The Bertz CT molecular complexity index is 284. The molecule has 1 rings (SSSR count). The largest absolute Gasteiger partial charge is 0.468 e. The Hall–Kier alpha value is -0.760. The normalized spacial score (nSPS) is 16.1. The zero-order chi connectivity index (χ0) is 12.2. The summed E-state index contributed by atoms with van der Waals surface area (Å²) in [6, 6.07) is 4.36. The van der Waals surface area contributed by atoms with Crippen molar-refractivity contribution >= 4 is 0 Å². The molecule has 16 heavy (non-hydrogen) atoms. The molecule has 1 heterocycles. The third kappa shape index (κ3) is 3.67. The van der Waals surface area contributed by atoms with E-state index in [2.05, 4.69) is 46.0 Å². The lowest BCUT2D eigenvalue weighted by Gasteiger charge is -2.30. The van der Waals surface area contributed by atoms with Crippen LogP contribution in [0.3, 0.4) is 0 Å². The molecular weight excluding hydrogens is 198 g/mol. The average Bonchev–Trinajstić information content (AvgIpc) is 2.68. The van der Waals surface area contributed by atoms with Crippen molar-refractivity contribution in [3.05, 3.63) is 24.2 Å². The summed E-state index contributed by atoms with van der Waals surface area (Å²) < 4.78 is 5.50. The average molecular weight is 223 g/mol. The fourth-order valence-corrected chi connectivity index (χ4v) is 1.74. The minimum absolute atomic E-state index is 0.342. The summed E-state index contributed by atoms with van der Waals surface area (Å²) in [7, 11) is 0. The van der Waals surface area contributed by atoms with Crippen LogP contribution in [0, 0.1) is 11.3 Å². The summed E-state index contributed by atoms with van der Waals surface area (Å²) in [6.07, 6.45) is 2.87. The van der Waals surface area contributed by atoms with E-state index in [0.717, 1.165) is 18.7 Å². The summed E-state index contributed by atoms with van der Waals surface area (Å²) in [5, 5.41) is 3.49. The summed E-state index contributed by atoms with van der Waals surface area (Å²) in [4.78, 5) is 0. The summed E-state index contributed by atoms with van der Waals surface area (Å²) in [5.74, 6) is 1.71. The van der Waals surface area contributed by atoms with Crippen LogP contribution in [0.1, 0.15) is 52.8 Å². The molecule has 2 heteroatoms. The quantitative estimate of drug-likeness (QED) is 0.816. The fourth-order valence-electron chi connectivity index (χ4n) is 1.74. The molecule has 92 valence electrons. The molecule has 0 aliphatic heterocycles. The number of hydrogen-bond acceptors (Lipinski definition) is 2. The number of hydrogen-bond donors (Lipinski definition) is 1. The first-order chi connectivity index (χ1) is 7.45. The second-order valence-electron chi connectivity index (χ2n) is 5.63. The standard InChI is InChI=1S/C14H25NO/c1-6-15-12(13-8-7-9-16-13)10-11(2)14(3,4)5/h7-9,11-12,15H,6,10H2,1-5H3. The third-order valence-electron chi connectivity index (χ3n) is 3.40. The SMILES string of the molecule is CCNC(CC(C)C(C)(C)C)c1ccco1. The highest BCUT2D eigenvalue weighted by molar-refractivity contribution is 5.04. The first-order valence-corrected chi connectivity index (χ1v) is 6.22. The molecule has 2 nitrogen and oxygen atoms in total. The molecular formula is C14H25NO. The van der Waals surface area contributed by atoms with E-state index in [4.69, 9.17) is 4.42 Å². The Morgan fingerprint density at radius 2 is 2.06 bits per heavy atom. The zero-order valence-electron chi connectivity index (χ0n) is 11.2. The Balaban J connectivity index is 2.66. The van der Waals surface area contributed by atoms with E-state index < -0.39 is 0 Å². The van der Waals surface area contributed by atoms with Gasteiger partial charge in [-0.3, -0.25) is 0 Å². The molecule has 0 aliphatic rings. The van der Waals surface area contributed by atoms with Crippen LogP contribution < -0.4 is 5.32 Å².